The molecule has 1 spiro atoms. The van der Waals surface area contributed by atoms with Gasteiger partial charge >= 0.3 is 0 Å². The number of hydrogen-bond acceptors (Lipinski definition) is 6. The quantitative estimate of drug-likeness (QED) is 0.610. The molecule has 4 rings (SSSR count). The number of rotatable bonds is 6. The second-order valence-electron chi connectivity index (χ2n) is 11.1. The molecule has 35 heavy (non-hydrogen) atoms. The maximum absolute atomic E-state index is 12.8. The Kier molecular flexibility index (Phi) is 7.38. The van der Waals surface area contributed by atoms with Crippen molar-refractivity contribution in [2.75, 3.05) is 50.8 Å². The van der Waals surface area contributed by atoms with E-state index < -0.39 is 20.0 Å². The maximum Gasteiger partial charge on any atom is 0.243 e. The van der Waals surface area contributed by atoms with Gasteiger partial charge in [-0.2, -0.15) is 8.61 Å². The SMILES string of the molecule is CC1(C)CC2(CCN(CC(=O)Nc3ccc(S(=O)(=O)N4CCCCC4)cc3)CC2)CN1S(C)(=O)=O. The number of nitrogens with one attached hydrogen (secondary N) is 1. The lowest BCUT2D eigenvalue weighted by Crippen LogP contribution is -2.45. The zero-order valence-electron chi connectivity index (χ0n) is 21.0. The summed E-state index contributed by atoms with van der Waals surface area (Å²) in [6, 6.07) is 6.39. The number of piperidine rings is 2. The Labute approximate surface area is 209 Å². The first-order valence-corrected chi connectivity index (χ1v) is 15.7. The first-order chi connectivity index (χ1) is 16.3. The molecule has 1 amide bonds. The molecule has 9 nitrogen and oxygen atoms in total. The lowest BCUT2D eigenvalue weighted by molar-refractivity contribution is -0.117. The van der Waals surface area contributed by atoms with Gasteiger partial charge in [0.05, 0.1) is 17.7 Å². The van der Waals surface area contributed by atoms with Gasteiger partial charge < -0.3 is 5.32 Å². The molecule has 0 radical (unpaired) electrons. The Morgan fingerprint density at radius 1 is 0.943 bits per heavy atom. The zero-order chi connectivity index (χ0) is 25.5. The fourth-order valence-corrected chi connectivity index (χ4v) is 9.02. The molecular formula is C24H38N4O5S2. The maximum atomic E-state index is 12.8. The van der Waals surface area contributed by atoms with Crippen molar-refractivity contribution in [3.05, 3.63) is 24.3 Å². The van der Waals surface area contributed by atoms with E-state index in [0.29, 0.717) is 25.3 Å². The first-order valence-electron chi connectivity index (χ1n) is 12.4. The van der Waals surface area contributed by atoms with Crippen LogP contribution < -0.4 is 5.32 Å². The molecule has 0 atom stereocenters. The number of hydrogen-bond donors (Lipinski definition) is 1. The predicted molar refractivity (Wildman–Crippen MR) is 136 cm³/mol. The highest BCUT2D eigenvalue weighted by molar-refractivity contribution is 7.89. The third-order valence-corrected chi connectivity index (χ3v) is 11.1. The highest BCUT2D eigenvalue weighted by Gasteiger charge is 2.52. The summed E-state index contributed by atoms with van der Waals surface area (Å²) in [6.45, 7) is 7.39. The van der Waals surface area contributed by atoms with E-state index in [1.165, 1.54) is 10.6 Å². The van der Waals surface area contributed by atoms with Gasteiger partial charge in [-0.3, -0.25) is 9.69 Å². The molecule has 1 aromatic rings. The fourth-order valence-electron chi connectivity index (χ4n) is 6.04. The first kappa shape index (κ1) is 26.5. The average molecular weight is 527 g/mol. The monoisotopic (exact) mass is 526 g/mol. The van der Waals surface area contributed by atoms with Gasteiger partial charge in [-0.15, -0.1) is 0 Å². The Hall–Kier alpha value is -1.53. The Bertz CT molecular complexity index is 1130. The van der Waals surface area contributed by atoms with Crippen molar-refractivity contribution in [1.29, 1.82) is 0 Å². The smallest absolute Gasteiger partial charge is 0.243 e. The van der Waals surface area contributed by atoms with Crippen molar-refractivity contribution in [3.8, 4) is 0 Å². The third kappa shape index (κ3) is 5.90. The van der Waals surface area contributed by atoms with Crippen LogP contribution in [0.15, 0.2) is 29.2 Å². The van der Waals surface area contributed by atoms with Crippen LogP contribution in [0.5, 0.6) is 0 Å². The molecule has 3 aliphatic rings. The number of nitrogens with zero attached hydrogens (tertiary/aromatic N) is 3. The van der Waals surface area contributed by atoms with Crippen LogP contribution in [0.25, 0.3) is 0 Å². The molecular weight excluding hydrogens is 488 g/mol. The molecule has 0 aliphatic carbocycles. The largest absolute Gasteiger partial charge is 0.325 e. The van der Waals surface area contributed by atoms with Gasteiger partial charge in [-0.25, -0.2) is 16.8 Å². The zero-order valence-corrected chi connectivity index (χ0v) is 22.6. The Morgan fingerprint density at radius 3 is 2.09 bits per heavy atom. The van der Waals surface area contributed by atoms with Crippen LogP contribution in [0.2, 0.25) is 0 Å². The summed E-state index contributed by atoms with van der Waals surface area (Å²) in [5.74, 6) is -0.142. The summed E-state index contributed by atoms with van der Waals surface area (Å²) >= 11 is 0. The fraction of sp³-hybridized carbons (Fsp3) is 0.708. The second-order valence-corrected chi connectivity index (χ2v) is 14.9. The molecule has 0 unspecified atom stereocenters. The van der Waals surface area contributed by atoms with Gasteiger partial charge in [0.1, 0.15) is 0 Å². The van der Waals surface area contributed by atoms with E-state index in [0.717, 1.165) is 51.6 Å². The van der Waals surface area contributed by atoms with Gasteiger partial charge in [-0.1, -0.05) is 6.42 Å². The van der Waals surface area contributed by atoms with E-state index in [1.54, 1.807) is 28.6 Å². The van der Waals surface area contributed by atoms with Crippen molar-refractivity contribution < 1.29 is 21.6 Å². The lowest BCUT2D eigenvalue weighted by Gasteiger charge is -2.39. The molecule has 3 saturated heterocycles. The van der Waals surface area contributed by atoms with Gasteiger partial charge in [0.15, 0.2) is 0 Å². The van der Waals surface area contributed by atoms with Crippen LogP contribution in [0.4, 0.5) is 5.69 Å². The van der Waals surface area contributed by atoms with Crippen molar-refractivity contribution in [1.82, 2.24) is 13.5 Å². The summed E-state index contributed by atoms with van der Waals surface area (Å²) in [5.41, 5.74) is 0.151. The third-order valence-electron chi connectivity index (χ3n) is 7.74. The number of amides is 1. The van der Waals surface area contributed by atoms with Gasteiger partial charge in [0, 0.05) is 30.9 Å². The standard InChI is InChI=1S/C24H38N4O5S2/c1-23(2)18-24(19-28(23)34(3,30)31)11-15-26(16-12-24)17-22(29)25-20-7-9-21(10-8-20)35(32,33)27-13-5-4-6-14-27/h7-10H,4-6,11-19H2,1-3H3,(H,25,29). The van der Waals surface area contributed by atoms with Crippen LogP contribution in [-0.4, -0.2) is 87.3 Å². The van der Waals surface area contributed by atoms with Crippen molar-refractivity contribution >= 4 is 31.6 Å². The van der Waals surface area contributed by atoms with Crippen molar-refractivity contribution in [3.63, 3.8) is 0 Å². The van der Waals surface area contributed by atoms with Crippen LogP contribution in [0.3, 0.4) is 0 Å². The molecule has 0 bridgehead atoms. The minimum atomic E-state index is -3.49. The highest BCUT2D eigenvalue weighted by Crippen LogP contribution is 2.48. The molecule has 3 heterocycles. The summed E-state index contributed by atoms with van der Waals surface area (Å²) in [6.07, 6.45) is 6.67. The second kappa shape index (κ2) is 9.74. The summed E-state index contributed by atoms with van der Waals surface area (Å²) in [5, 5.41) is 2.87. The molecule has 1 aromatic carbocycles. The molecule has 3 aliphatic heterocycles. The van der Waals surface area contributed by atoms with Gasteiger partial charge in [0.2, 0.25) is 26.0 Å². The number of likely N-dealkylation sites (tertiary alicyclic amines) is 1. The normalized spacial score (nSPS) is 24.0. The van der Waals surface area contributed by atoms with E-state index >= 15 is 0 Å². The Balaban J connectivity index is 1.29. The number of benzene rings is 1. The van der Waals surface area contributed by atoms with E-state index in [9.17, 15) is 21.6 Å². The summed E-state index contributed by atoms with van der Waals surface area (Å²) < 4.78 is 53.3. The van der Waals surface area contributed by atoms with Gasteiger partial charge in [0.25, 0.3) is 0 Å². The average Bonchev–Trinajstić information content (AvgIpc) is 3.07. The molecule has 0 aromatic heterocycles. The molecule has 3 fully saturated rings. The number of anilines is 1. The van der Waals surface area contributed by atoms with Crippen LogP contribution in [-0.2, 0) is 24.8 Å². The predicted octanol–water partition coefficient (Wildman–Crippen LogP) is 2.33. The van der Waals surface area contributed by atoms with Crippen molar-refractivity contribution in [2.45, 2.75) is 62.8 Å². The van der Waals surface area contributed by atoms with E-state index in [2.05, 4.69) is 10.2 Å². The van der Waals surface area contributed by atoms with E-state index in [1.807, 2.05) is 13.8 Å². The summed E-state index contributed by atoms with van der Waals surface area (Å²) in [7, 11) is -6.75. The summed E-state index contributed by atoms with van der Waals surface area (Å²) in [4.78, 5) is 15.0. The molecule has 0 saturated carbocycles. The Morgan fingerprint density at radius 2 is 1.54 bits per heavy atom. The molecule has 11 heteroatoms. The van der Waals surface area contributed by atoms with Crippen LogP contribution >= 0.6 is 0 Å². The number of carbonyl (C=O) groups excluding carboxylic acids is 1. The minimum absolute atomic E-state index is 0.0325. The topological polar surface area (TPSA) is 107 Å². The van der Waals surface area contributed by atoms with E-state index in [-0.39, 0.29) is 28.3 Å². The molecule has 196 valence electrons. The molecule has 1 N–H and O–H groups in total. The van der Waals surface area contributed by atoms with E-state index in [4.69, 9.17) is 0 Å². The van der Waals surface area contributed by atoms with Crippen LogP contribution in [0.1, 0.15) is 52.4 Å². The van der Waals surface area contributed by atoms with Crippen LogP contribution in [0, 0.1) is 5.41 Å². The van der Waals surface area contributed by atoms with Crippen molar-refractivity contribution in [2.24, 2.45) is 5.41 Å². The van der Waals surface area contributed by atoms with Gasteiger partial charge in [-0.05, 0) is 88.7 Å². The minimum Gasteiger partial charge on any atom is -0.325 e. The highest BCUT2D eigenvalue weighted by atomic mass is 32.2. The number of carbonyl (C=O) groups is 1. The number of sulfonamides is 2. The lowest BCUT2D eigenvalue weighted by atomic mass is 9.74.